The molecule has 0 aromatic heterocycles. The Balaban J connectivity index is 3.12. The van der Waals surface area contributed by atoms with Gasteiger partial charge in [-0.25, -0.2) is 0 Å². The molecule has 0 N–H and O–H groups in total. The lowest BCUT2D eigenvalue weighted by Crippen LogP contribution is -2.67. The molecule has 0 aromatic rings. The predicted octanol–water partition coefficient (Wildman–Crippen LogP) is 4.57. The summed E-state index contributed by atoms with van der Waals surface area (Å²) in [4.78, 5) is 0. The third kappa shape index (κ3) is 19.9. The minimum atomic E-state index is -2.71. The second kappa shape index (κ2) is 24.5. The molecule has 1 heterocycles. The molecule has 1 fully saturated rings. The zero-order chi connectivity index (χ0) is 32.6. The molecule has 0 saturated carbocycles. The van der Waals surface area contributed by atoms with Gasteiger partial charge in [0.05, 0.1) is 52.9 Å². The largest absolute Gasteiger partial charge is 0.416 e. The van der Waals surface area contributed by atoms with Crippen molar-refractivity contribution in [2.75, 3.05) is 108 Å². The van der Waals surface area contributed by atoms with Crippen LogP contribution in [0.4, 0.5) is 0 Å². The second-order valence-electron chi connectivity index (χ2n) is 11.8. The first-order chi connectivity index (χ1) is 21.1. The third-order valence-corrected chi connectivity index (χ3v) is 26.0. The van der Waals surface area contributed by atoms with E-state index in [-0.39, 0.29) is 0 Å². The molecule has 1 aliphatic rings. The van der Waals surface area contributed by atoms with E-state index in [0.717, 1.165) is 49.9 Å². The van der Waals surface area contributed by atoms with Crippen molar-refractivity contribution < 1.29 is 54.4 Å². The van der Waals surface area contributed by atoms with E-state index in [1.54, 1.807) is 28.4 Å². The standard InChI is InChI=1S/C28H64O12Si4/c1-29-17-21-33-13-9-25-41(5)37-42(6,26-10-14-34-22-18-30-2)39-44(8,28-12-16-36-24-20-32-4)40-43(7,38-41)27-11-15-35-23-19-31-3/h9-28H2,1-8H3. The Bertz CT molecular complexity index is 577. The maximum absolute atomic E-state index is 7.20. The van der Waals surface area contributed by atoms with Gasteiger partial charge in [0, 0.05) is 54.9 Å². The van der Waals surface area contributed by atoms with Crippen molar-refractivity contribution in [3.05, 3.63) is 0 Å². The summed E-state index contributed by atoms with van der Waals surface area (Å²) in [6, 6.07) is 3.21. The van der Waals surface area contributed by atoms with Crippen LogP contribution in [0.1, 0.15) is 25.7 Å². The van der Waals surface area contributed by atoms with Crippen LogP contribution >= 0.6 is 0 Å². The molecule has 0 aliphatic carbocycles. The van der Waals surface area contributed by atoms with Crippen LogP contribution < -0.4 is 0 Å². The van der Waals surface area contributed by atoms with Gasteiger partial charge in [-0.3, -0.25) is 0 Å². The monoisotopic (exact) mass is 704 g/mol. The Labute approximate surface area is 271 Å². The Hall–Kier alpha value is 0.388. The molecule has 0 bridgehead atoms. The van der Waals surface area contributed by atoms with E-state index in [9.17, 15) is 0 Å². The van der Waals surface area contributed by atoms with Gasteiger partial charge < -0.3 is 54.4 Å². The highest BCUT2D eigenvalue weighted by Gasteiger charge is 2.56. The SMILES string of the molecule is COCCOCCC[Si]1(C)O[Si](C)(CCCOCCOC)O[Si](C)(CCCOCCOC)O[Si](C)(CCCOCCOC)O1. The summed E-state index contributed by atoms with van der Waals surface area (Å²) in [6.07, 6.45) is 3.37. The van der Waals surface area contributed by atoms with Crippen LogP contribution in [-0.4, -0.2) is 142 Å². The van der Waals surface area contributed by atoms with Crippen molar-refractivity contribution in [3.8, 4) is 0 Å². The molecule has 1 rings (SSSR count). The van der Waals surface area contributed by atoms with E-state index in [0.29, 0.717) is 79.3 Å². The van der Waals surface area contributed by atoms with Gasteiger partial charge in [0.25, 0.3) is 0 Å². The van der Waals surface area contributed by atoms with Crippen molar-refractivity contribution >= 4 is 34.2 Å². The average molecular weight is 705 g/mol. The maximum atomic E-state index is 7.20. The van der Waals surface area contributed by atoms with E-state index in [1.165, 1.54) is 0 Å². The van der Waals surface area contributed by atoms with Crippen LogP contribution in [0, 0.1) is 0 Å². The zero-order valence-corrected chi connectivity index (χ0v) is 33.0. The van der Waals surface area contributed by atoms with Crippen molar-refractivity contribution in [3.63, 3.8) is 0 Å². The molecule has 1 saturated heterocycles. The fourth-order valence-electron chi connectivity index (χ4n) is 5.28. The number of hydrogen-bond donors (Lipinski definition) is 0. The van der Waals surface area contributed by atoms with Crippen LogP contribution in [-0.2, 0) is 54.4 Å². The van der Waals surface area contributed by atoms with E-state index in [4.69, 9.17) is 54.4 Å². The van der Waals surface area contributed by atoms with Crippen molar-refractivity contribution in [1.82, 2.24) is 0 Å². The Kier molecular flexibility index (Phi) is 23.6. The highest BCUT2D eigenvalue weighted by atomic mass is 28.5. The van der Waals surface area contributed by atoms with Crippen LogP contribution in [0.25, 0.3) is 0 Å². The molecule has 0 radical (unpaired) electrons. The number of hydrogen-bond acceptors (Lipinski definition) is 12. The lowest BCUT2D eigenvalue weighted by molar-refractivity contribution is 0.0684. The molecule has 264 valence electrons. The summed E-state index contributed by atoms with van der Waals surface area (Å²) >= 11 is 0. The van der Waals surface area contributed by atoms with E-state index in [1.807, 2.05) is 0 Å². The topological polar surface area (TPSA) is 111 Å². The molecule has 0 amide bonds. The summed E-state index contributed by atoms with van der Waals surface area (Å²) in [7, 11) is -4.12. The molecule has 0 aromatic carbocycles. The Morgan fingerprint density at radius 2 is 0.523 bits per heavy atom. The summed E-state index contributed by atoms with van der Waals surface area (Å²) in [5, 5.41) is 0. The Morgan fingerprint density at radius 3 is 0.705 bits per heavy atom. The highest BCUT2D eigenvalue weighted by Crippen LogP contribution is 2.38. The van der Waals surface area contributed by atoms with Crippen molar-refractivity contribution in [2.45, 2.75) is 76.0 Å². The van der Waals surface area contributed by atoms with Gasteiger partial charge in [0.2, 0.25) is 0 Å². The molecule has 1 aliphatic heterocycles. The Morgan fingerprint density at radius 1 is 0.318 bits per heavy atom. The molecule has 0 atom stereocenters. The minimum Gasteiger partial charge on any atom is -0.416 e. The smallest absolute Gasteiger partial charge is 0.317 e. The van der Waals surface area contributed by atoms with Gasteiger partial charge >= 0.3 is 34.2 Å². The maximum Gasteiger partial charge on any atom is 0.317 e. The van der Waals surface area contributed by atoms with Gasteiger partial charge in [-0.2, -0.15) is 0 Å². The fourth-order valence-corrected chi connectivity index (χ4v) is 28.5. The van der Waals surface area contributed by atoms with Crippen LogP contribution in [0.15, 0.2) is 0 Å². The summed E-state index contributed by atoms with van der Waals surface area (Å²) < 4.78 is 72.4. The number of ether oxygens (including phenoxy) is 8. The third-order valence-electron chi connectivity index (χ3n) is 7.13. The van der Waals surface area contributed by atoms with Gasteiger partial charge in [-0.15, -0.1) is 0 Å². The summed E-state index contributed by atoms with van der Waals surface area (Å²) in [5.41, 5.74) is 0. The molecule has 44 heavy (non-hydrogen) atoms. The molecular weight excluding hydrogens is 641 g/mol. The predicted molar refractivity (Wildman–Crippen MR) is 179 cm³/mol. The van der Waals surface area contributed by atoms with Crippen LogP contribution in [0.3, 0.4) is 0 Å². The second-order valence-corrected chi connectivity index (χ2v) is 26.1. The van der Waals surface area contributed by atoms with Crippen molar-refractivity contribution in [1.29, 1.82) is 0 Å². The lowest BCUT2D eigenvalue weighted by atomic mass is 10.5. The van der Waals surface area contributed by atoms with Gasteiger partial charge in [0.1, 0.15) is 0 Å². The molecular formula is C28H64O12Si4. The zero-order valence-electron chi connectivity index (χ0n) is 29.0. The normalized spacial score (nSPS) is 27.8. The van der Waals surface area contributed by atoms with Crippen molar-refractivity contribution in [2.24, 2.45) is 0 Å². The number of methoxy groups -OCH3 is 4. The number of rotatable bonds is 28. The van der Waals surface area contributed by atoms with Crippen LogP contribution in [0.5, 0.6) is 0 Å². The molecule has 0 unspecified atom stereocenters. The van der Waals surface area contributed by atoms with E-state index < -0.39 is 34.2 Å². The molecule has 12 nitrogen and oxygen atoms in total. The molecule has 0 spiro atoms. The van der Waals surface area contributed by atoms with Gasteiger partial charge in [0.15, 0.2) is 0 Å². The molecule has 16 heteroatoms. The summed E-state index contributed by atoms with van der Waals surface area (Å²) in [5.74, 6) is 0. The van der Waals surface area contributed by atoms with Crippen LogP contribution in [0.2, 0.25) is 50.4 Å². The summed E-state index contributed by atoms with van der Waals surface area (Å²) in [6.45, 7) is 15.9. The first-order valence-corrected chi connectivity index (χ1v) is 26.2. The highest BCUT2D eigenvalue weighted by molar-refractivity contribution is 6.93. The average Bonchev–Trinajstić information content (AvgIpc) is 2.95. The first-order valence-electron chi connectivity index (χ1n) is 16.1. The lowest BCUT2D eigenvalue weighted by Gasteiger charge is -2.50. The van der Waals surface area contributed by atoms with Gasteiger partial charge in [-0.1, -0.05) is 0 Å². The van der Waals surface area contributed by atoms with Gasteiger partial charge in [-0.05, 0) is 76.0 Å². The fraction of sp³-hybridized carbons (Fsp3) is 1.00. The van der Waals surface area contributed by atoms with E-state index in [2.05, 4.69) is 26.2 Å². The quantitative estimate of drug-likeness (QED) is 0.0841. The first kappa shape index (κ1) is 42.4. The van der Waals surface area contributed by atoms with E-state index >= 15 is 0 Å². The minimum absolute atomic E-state index is 0.576.